The fraction of sp³-hybridized carbons (Fsp3) is 0.143. The third kappa shape index (κ3) is 4.57. The van der Waals surface area contributed by atoms with Gasteiger partial charge in [0.25, 0.3) is 0 Å². The van der Waals surface area contributed by atoms with Gasteiger partial charge in [0.2, 0.25) is 5.91 Å². The summed E-state index contributed by atoms with van der Waals surface area (Å²) >= 11 is 1.27. The third-order valence-electron chi connectivity index (χ3n) is 2.60. The highest BCUT2D eigenvalue weighted by Crippen LogP contribution is 2.19. The van der Waals surface area contributed by atoms with Gasteiger partial charge in [-0.25, -0.2) is 4.79 Å². The summed E-state index contributed by atoms with van der Waals surface area (Å²) < 4.78 is 3.79. The van der Waals surface area contributed by atoms with Crippen molar-refractivity contribution >= 4 is 29.2 Å². The zero-order chi connectivity index (χ0) is 15.8. The van der Waals surface area contributed by atoms with Crippen LogP contribution in [0, 0.1) is 12.3 Å². The highest BCUT2D eigenvalue weighted by atomic mass is 32.1. The van der Waals surface area contributed by atoms with Gasteiger partial charge in [0, 0.05) is 16.6 Å². The molecule has 0 bridgehead atoms. The fourth-order valence-electron chi connectivity index (χ4n) is 1.56. The smallest absolute Gasteiger partial charge is 0.319 e. The number of terminal acetylenes is 1. The van der Waals surface area contributed by atoms with Crippen LogP contribution in [0.15, 0.2) is 29.6 Å². The molecule has 8 heteroatoms. The van der Waals surface area contributed by atoms with E-state index in [1.807, 2.05) is 17.5 Å². The number of amides is 3. The van der Waals surface area contributed by atoms with E-state index in [9.17, 15) is 9.59 Å². The molecule has 7 nitrogen and oxygen atoms in total. The lowest BCUT2D eigenvalue weighted by Gasteiger charge is -2.07. The van der Waals surface area contributed by atoms with E-state index in [-0.39, 0.29) is 19.0 Å². The van der Waals surface area contributed by atoms with Crippen LogP contribution in [0.2, 0.25) is 0 Å². The standard InChI is InChI=1S/C14H13N5O2S/c1-2-7-15-13(20)8-16-14(21)17-11-5-3-10(4-6-11)12-9-22-19-18-12/h1,3-6,9H,7-8H2,(H,15,20)(H2,16,17,21). The van der Waals surface area contributed by atoms with Crippen LogP contribution in [-0.2, 0) is 4.79 Å². The van der Waals surface area contributed by atoms with Gasteiger partial charge in [-0.2, -0.15) is 0 Å². The second-order valence-electron chi connectivity index (χ2n) is 4.16. The van der Waals surface area contributed by atoms with Crippen molar-refractivity contribution in [3.05, 3.63) is 29.6 Å². The molecule has 1 heterocycles. The second-order valence-corrected chi connectivity index (χ2v) is 4.77. The Labute approximate surface area is 131 Å². The average molecular weight is 315 g/mol. The molecule has 0 aliphatic carbocycles. The molecule has 2 aromatic rings. The normalized spacial score (nSPS) is 9.59. The number of carbonyl (C=O) groups excluding carboxylic acids is 2. The van der Waals surface area contributed by atoms with Crippen LogP contribution in [0.4, 0.5) is 10.5 Å². The number of hydrogen-bond acceptors (Lipinski definition) is 5. The minimum absolute atomic E-state index is 0.134. The zero-order valence-electron chi connectivity index (χ0n) is 11.5. The Bertz CT molecular complexity index is 676. The summed E-state index contributed by atoms with van der Waals surface area (Å²) in [4.78, 5) is 22.9. The van der Waals surface area contributed by atoms with Crippen molar-refractivity contribution in [2.45, 2.75) is 0 Å². The summed E-state index contributed by atoms with van der Waals surface area (Å²) in [6.45, 7) is -0.00877. The topological polar surface area (TPSA) is 96.0 Å². The van der Waals surface area contributed by atoms with E-state index in [1.165, 1.54) is 11.5 Å². The molecular formula is C14H13N5O2S. The van der Waals surface area contributed by atoms with E-state index in [4.69, 9.17) is 6.42 Å². The first kappa shape index (κ1) is 15.5. The molecule has 0 spiro atoms. The van der Waals surface area contributed by atoms with Crippen LogP contribution in [0.5, 0.6) is 0 Å². The highest BCUT2D eigenvalue weighted by Gasteiger charge is 2.06. The maximum absolute atomic E-state index is 11.6. The molecule has 0 atom stereocenters. The number of nitrogens with one attached hydrogen (secondary N) is 3. The molecule has 0 saturated heterocycles. The van der Waals surface area contributed by atoms with Gasteiger partial charge < -0.3 is 16.0 Å². The summed E-state index contributed by atoms with van der Waals surface area (Å²) in [7, 11) is 0. The van der Waals surface area contributed by atoms with Gasteiger partial charge in [0.1, 0.15) is 5.69 Å². The summed E-state index contributed by atoms with van der Waals surface area (Å²) in [5.41, 5.74) is 2.30. The maximum atomic E-state index is 11.6. The first-order chi connectivity index (χ1) is 10.7. The largest absolute Gasteiger partial charge is 0.344 e. The van der Waals surface area contributed by atoms with Crippen molar-refractivity contribution in [2.24, 2.45) is 0 Å². The molecule has 3 N–H and O–H groups in total. The van der Waals surface area contributed by atoms with E-state index in [2.05, 4.69) is 31.5 Å². The Hall–Kier alpha value is -2.92. The molecule has 0 radical (unpaired) electrons. The summed E-state index contributed by atoms with van der Waals surface area (Å²) in [5, 5.41) is 13.3. The van der Waals surface area contributed by atoms with Crippen LogP contribution in [-0.4, -0.2) is 34.6 Å². The van der Waals surface area contributed by atoms with Crippen molar-refractivity contribution in [2.75, 3.05) is 18.4 Å². The summed E-state index contributed by atoms with van der Waals surface area (Å²) in [5.74, 6) is 1.93. The molecule has 0 aliphatic rings. The molecule has 0 saturated carbocycles. The van der Waals surface area contributed by atoms with E-state index < -0.39 is 6.03 Å². The van der Waals surface area contributed by atoms with Crippen LogP contribution < -0.4 is 16.0 Å². The molecule has 2 rings (SSSR count). The average Bonchev–Trinajstić information content (AvgIpc) is 3.06. The zero-order valence-corrected chi connectivity index (χ0v) is 12.3. The van der Waals surface area contributed by atoms with Crippen LogP contribution in [0.25, 0.3) is 11.3 Å². The lowest BCUT2D eigenvalue weighted by Crippen LogP contribution is -2.39. The lowest BCUT2D eigenvalue weighted by molar-refractivity contribution is -0.119. The Morgan fingerprint density at radius 2 is 2.00 bits per heavy atom. The number of benzene rings is 1. The van der Waals surface area contributed by atoms with Crippen LogP contribution >= 0.6 is 11.5 Å². The van der Waals surface area contributed by atoms with Gasteiger partial charge in [-0.15, -0.1) is 11.5 Å². The highest BCUT2D eigenvalue weighted by molar-refractivity contribution is 7.03. The van der Waals surface area contributed by atoms with Crippen LogP contribution in [0.1, 0.15) is 0 Å². The van der Waals surface area contributed by atoms with Crippen molar-refractivity contribution in [1.82, 2.24) is 20.2 Å². The number of nitrogens with zero attached hydrogens (tertiary/aromatic N) is 2. The van der Waals surface area contributed by atoms with Gasteiger partial charge in [-0.3, -0.25) is 4.79 Å². The van der Waals surface area contributed by atoms with Crippen molar-refractivity contribution in [3.8, 4) is 23.6 Å². The van der Waals surface area contributed by atoms with E-state index in [0.29, 0.717) is 5.69 Å². The van der Waals surface area contributed by atoms with Crippen molar-refractivity contribution in [3.63, 3.8) is 0 Å². The van der Waals surface area contributed by atoms with Crippen molar-refractivity contribution in [1.29, 1.82) is 0 Å². The number of hydrogen-bond donors (Lipinski definition) is 3. The van der Waals surface area contributed by atoms with Gasteiger partial charge in [-0.1, -0.05) is 22.5 Å². The van der Waals surface area contributed by atoms with Gasteiger partial charge >= 0.3 is 6.03 Å². The third-order valence-corrected chi connectivity index (χ3v) is 3.10. The lowest BCUT2D eigenvalue weighted by atomic mass is 10.1. The van der Waals surface area contributed by atoms with E-state index in [0.717, 1.165) is 11.3 Å². The molecule has 3 amide bonds. The van der Waals surface area contributed by atoms with Gasteiger partial charge in [0.05, 0.1) is 13.1 Å². The van der Waals surface area contributed by atoms with Gasteiger partial charge in [0.15, 0.2) is 0 Å². The SMILES string of the molecule is C#CCNC(=O)CNC(=O)Nc1ccc(-c2csnn2)cc1. The predicted molar refractivity (Wildman–Crippen MR) is 84.2 cm³/mol. The Morgan fingerprint density at radius 1 is 1.23 bits per heavy atom. The number of rotatable bonds is 5. The number of urea groups is 1. The number of aromatic nitrogens is 2. The Balaban J connectivity index is 1.82. The Kier molecular flexibility index (Phi) is 5.45. The molecule has 1 aromatic heterocycles. The number of carbonyl (C=O) groups is 2. The second kappa shape index (κ2) is 7.75. The minimum Gasteiger partial charge on any atom is -0.344 e. The number of anilines is 1. The maximum Gasteiger partial charge on any atom is 0.319 e. The van der Waals surface area contributed by atoms with E-state index in [1.54, 1.807) is 12.1 Å². The molecular weight excluding hydrogens is 302 g/mol. The quantitative estimate of drug-likeness (QED) is 0.719. The van der Waals surface area contributed by atoms with Crippen LogP contribution in [0.3, 0.4) is 0 Å². The van der Waals surface area contributed by atoms with Gasteiger partial charge in [-0.05, 0) is 23.7 Å². The molecule has 22 heavy (non-hydrogen) atoms. The molecule has 0 aliphatic heterocycles. The summed E-state index contributed by atoms with van der Waals surface area (Å²) in [6.07, 6.45) is 5.01. The minimum atomic E-state index is -0.473. The molecule has 1 aromatic carbocycles. The van der Waals surface area contributed by atoms with Crippen molar-refractivity contribution < 1.29 is 9.59 Å². The molecule has 0 unspecified atom stereocenters. The Morgan fingerprint density at radius 3 is 2.64 bits per heavy atom. The monoisotopic (exact) mass is 315 g/mol. The first-order valence-electron chi connectivity index (χ1n) is 6.31. The fourth-order valence-corrected chi connectivity index (χ4v) is 2.03. The predicted octanol–water partition coefficient (Wildman–Crippen LogP) is 1.08. The van der Waals surface area contributed by atoms with E-state index >= 15 is 0 Å². The molecule has 112 valence electrons. The first-order valence-corrected chi connectivity index (χ1v) is 7.15. The summed E-state index contributed by atoms with van der Waals surface area (Å²) in [6, 6.07) is 6.66. The molecule has 0 fully saturated rings.